The first-order chi connectivity index (χ1) is 3.97. The highest BCUT2D eigenvalue weighted by atomic mass is 19.3. The van der Waals surface area contributed by atoms with Crippen molar-refractivity contribution < 1.29 is 8.78 Å². The van der Waals surface area contributed by atoms with Crippen molar-refractivity contribution in [2.75, 3.05) is 0 Å². The molecule has 0 heterocycles. The molecule has 0 amide bonds. The number of halogens is 2. The van der Waals surface area contributed by atoms with Crippen LogP contribution in [-0.4, -0.2) is 5.92 Å². The Hall–Kier alpha value is -0.580. The fraction of sp³-hybridized carbons (Fsp3) is 0.714. The van der Waals surface area contributed by atoms with Gasteiger partial charge in [0, 0.05) is 18.3 Å². The predicted molar refractivity (Wildman–Crippen MR) is 31.1 cm³/mol. The van der Waals surface area contributed by atoms with Crippen LogP contribution in [0.5, 0.6) is 0 Å². The van der Waals surface area contributed by atoms with E-state index in [1.165, 1.54) is 0 Å². The Morgan fingerprint density at radius 1 is 1.44 bits per heavy atom. The van der Waals surface area contributed by atoms with E-state index >= 15 is 0 Å². The number of hydrogen-bond donors (Lipinski definition) is 0. The van der Waals surface area contributed by atoms with E-state index in [4.69, 9.17) is 6.42 Å². The van der Waals surface area contributed by atoms with E-state index in [9.17, 15) is 8.78 Å². The molecule has 0 unspecified atom stereocenters. The molecule has 0 aromatic rings. The van der Waals surface area contributed by atoms with Gasteiger partial charge >= 0.3 is 0 Å². The lowest BCUT2D eigenvalue weighted by molar-refractivity contribution is -0.130. The molecule has 0 aromatic carbocycles. The molecule has 0 nitrogen and oxygen atoms in total. The third-order valence-corrected chi connectivity index (χ3v) is 1.65. The molecule has 1 aliphatic rings. The molecular weight excluding hydrogens is 122 g/mol. The van der Waals surface area contributed by atoms with Crippen LogP contribution in [0.1, 0.15) is 19.8 Å². The molecule has 1 fully saturated rings. The molecule has 0 atom stereocenters. The summed E-state index contributed by atoms with van der Waals surface area (Å²) < 4.78 is 24.2. The Bertz CT molecular complexity index is 156. The van der Waals surface area contributed by atoms with Gasteiger partial charge in [-0.2, -0.15) is 0 Å². The van der Waals surface area contributed by atoms with E-state index in [0.717, 1.165) is 0 Å². The van der Waals surface area contributed by atoms with Crippen LogP contribution in [0.4, 0.5) is 8.78 Å². The molecular formula is C7H8F2. The van der Waals surface area contributed by atoms with E-state index in [0.29, 0.717) is 0 Å². The Morgan fingerprint density at radius 2 is 1.89 bits per heavy atom. The second kappa shape index (κ2) is 1.47. The standard InChI is InChI=1S/C7H8F2/c1-3-6(2)4-7(8,9)5-6/h1H,4-5H2,2H3. The van der Waals surface area contributed by atoms with Gasteiger partial charge in [-0.3, -0.25) is 0 Å². The highest BCUT2D eigenvalue weighted by Crippen LogP contribution is 2.50. The van der Waals surface area contributed by atoms with Gasteiger partial charge in [0.1, 0.15) is 0 Å². The maximum Gasteiger partial charge on any atom is 0.251 e. The summed E-state index contributed by atoms with van der Waals surface area (Å²) >= 11 is 0. The zero-order chi connectivity index (χ0) is 7.12. The van der Waals surface area contributed by atoms with Gasteiger partial charge in [0.15, 0.2) is 0 Å². The maximum atomic E-state index is 12.1. The van der Waals surface area contributed by atoms with E-state index in [2.05, 4.69) is 5.92 Å². The highest BCUT2D eigenvalue weighted by molar-refractivity contribution is 5.13. The average Bonchev–Trinajstić information content (AvgIpc) is 1.61. The Morgan fingerprint density at radius 3 is 2.00 bits per heavy atom. The summed E-state index contributed by atoms with van der Waals surface area (Å²) in [5.74, 6) is -0.132. The summed E-state index contributed by atoms with van der Waals surface area (Å²) in [4.78, 5) is 0. The molecule has 0 aliphatic heterocycles. The molecule has 0 saturated heterocycles. The van der Waals surface area contributed by atoms with Crippen molar-refractivity contribution in [2.24, 2.45) is 5.41 Å². The van der Waals surface area contributed by atoms with Gasteiger partial charge < -0.3 is 0 Å². The number of terminal acetylenes is 1. The van der Waals surface area contributed by atoms with Crippen molar-refractivity contribution in [3.05, 3.63) is 0 Å². The zero-order valence-electron chi connectivity index (χ0n) is 5.25. The van der Waals surface area contributed by atoms with Crippen LogP contribution in [0, 0.1) is 17.8 Å². The van der Waals surface area contributed by atoms with E-state index in [1.54, 1.807) is 6.92 Å². The normalized spacial score (nSPS) is 28.2. The lowest BCUT2D eigenvalue weighted by Crippen LogP contribution is -2.42. The second-order valence-corrected chi connectivity index (χ2v) is 2.91. The van der Waals surface area contributed by atoms with Crippen molar-refractivity contribution >= 4 is 0 Å². The van der Waals surface area contributed by atoms with Crippen LogP contribution < -0.4 is 0 Å². The van der Waals surface area contributed by atoms with Gasteiger partial charge in [-0.25, -0.2) is 8.78 Å². The number of rotatable bonds is 0. The predicted octanol–water partition coefficient (Wildman–Crippen LogP) is 2.05. The average molecular weight is 130 g/mol. The number of hydrogen-bond acceptors (Lipinski definition) is 0. The third kappa shape index (κ3) is 1.05. The monoisotopic (exact) mass is 130 g/mol. The first-order valence-electron chi connectivity index (χ1n) is 2.83. The van der Waals surface area contributed by atoms with Gasteiger partial charge in [-0.1, -0.05) is 5.92 Å². The Kier molecular flexibility index (Phi) is 1.07. The van der Waals surface area contributed by atoms with Crippen molar-refractivity contribution in [1.82, 2.24) is 0 Å². The molecule has 50 valence electrons. The van der Waals surface area contributed by atoms with Crippen molar-refractivity contribution in [1.29, 1.82) is 0 Å². The quantitative estimate of drug-likeness (QED) is 0.440. The van der Waals surface area contributed by atoms with Crippen molar-refractivity contribution in [3.8, 4) is 12.3 Å². The minimum Gasteiger partial charge on any atom is -0.207 e. The van der Waals surface area contributed by atoms with E-state index < -0.39 is 11.3 Å². The van der Waals surface area contributed by atoms with Gasteiger partial charge in [-0.15, -0.1) is 6.42 Å². The second-order valence-electron chi connectivity index (χ2n) is 2.91. The highest BCUT2D eigenvalue weighted by Gasteiger charge is 2.52. The molecule has 0 bridgehead atoms. The Labute approximate surface area is 53.3 Å². The molecule has 0 aromatic heterocycles. The van der Waals surface area contributed by atoms with E-state index in [-0.39, 0.29) is 12.8 Å². The van der Waals surface area contributed by atoms with Crippen LogP contribution in [-0.2, 0) is 0 Å². The van der Waals surface area contributed by atoms with Gasteiger partial charge in [0.2, 0.25) is 0 Å². The molecule has 1 saturated carbocycles. The molecule has 0 spiro atoms. The topological polar surface area (TPSA) is 0 Å². The molecule has 0 radical (unpaired) electrons. The minimum absolute atomic E-state index is 0.142. The third-order valence-electron chi connectivity index (χ3n) is 1.65. The lowest BCUT2D eigenvalue weighted by Gasteiger charge is -2.40. The van der Waals surface area contributed by atoms with Crippen LogP contribution in [0.3, 0.4) is 0 Å². The largest absolute Gasteiger partial charge is 0.251 e. The van der Waals surface area contributed by atoms with Gasteiger partial charge in [0.25, 0.3) is 5.92 Å². The fourth-order valence-corrected chi connectivity index (χ4v) is 1.19. The summed E-state index contributed by atoms with van der Waals surface area (Å²) in [5, 5.41) is 0. The van der Waals surface area contributed by atoms with Crippen LogP contribution in [0.25, 0.3) is 0 Å². The van der Waals surface area contributed by atoms with Crippen LogP contribution >= 0.6 is 0 Å². The first kappa shape index (κ1) is 6.54. The summed E-state index contributed by atoms with van der Waals surface area (Å²) in [6, 6.07) is 0. The first-order valence-corrected chi connectivity index (χ1v) is 2.83. The summed E-state index contributed by atoms with van der Waals surface area (Å²) in [6.45, 7) is 1.68. The minimum atomic E-state index is -2.48. The summed E-state index contributed by atoms with van der Waals surface area (Å²) in [5.41, 5.74) is -0.524. The van der Waals surface area contributed by atoms with Gasteiger partial charge in [0.05, 0.1) is 0 Å². The lowest BCUT2D eigenvalue weighted by atomic mass is 9.68. The summed E-state index contributed by atoms with van der Waals surface area (Å²) in [7, 11) is 0. The summed E-state index contributed by atoms with van der Waals surface area (Å²) in [6.07, 6.45) is 4.72. The fourth-order valence-electron chi connectivity index (χ4n) is 1.19. The SMILES string of the molecule is C#CC1(C)CC(F)(F)C1. The molecule has 9 heavy (non-hydrogen) atoms. The van der Waals surface area contributed by atoms with Crippen LogP contribution in [0.2, 0.25) is 0 Å². The Balaban J connectivity index is 2.54. The van der Waals surface area contributed by atoms with Crippen molar-refractivity contribution in [2.45, 2.75) is 25.7 Å². The maximum absolute atomic E-state index is 12.1. The van der Waals surface area contributed by atoms with E-state index in [1.807, 2.05) is 0 Å². The van der Waals surface area contributed by atoms with Crippen LogP contribution in [0.15, 0.2) is 0 Å². The smallest absolute Gasteiger partial charge is 0.207 e. The van der Waals surface area contributed by atoms with Crippen molar-refractivity contribution in [3.63, 3.8) is 0 Å². The van der Waals surface area contributed by atoms with Gasteiger partial charge in [-0.05, 0) is 6.92 Å². The molecule has 1 aliphatic carbocycles. The zero-order valence-corrected chi connectivity index (χ0v) is 5.25. The molecule has 1 rings (SSSR count). The number of alkyl halides is 2. The molecule has 0 N–H and O–H groups in total. The molecule has 2 heteroatoms.